The monoisotopic (exact) mass is 387 g/mol. The smallest absolute Gasteiger partial charge is 0.263 e. The van der Waals surface area contributed by atoms with Gasteiger partial charge in [-0.2, -0.15) is 0 Å². The Morgan fingerprint density at radius 3 is 2.56 bits per heavy atom. The van der Waals surface area contributed by atoms with Crippen molar-refractivity contribution < 1.29 is 14.3 Å². The highest BCUT2D eigenvalue weighted by Gasteiger charge is 2.21. The van der Waals surface area contributed by atoms with E-state index in [-0.39, 0.29) is 11.5 Å². The van der Waals surface area contributed by atoms with E-state index < -0.39 is 6.04 Å². The quantitative estimate of drug-likeness (QED) is 0.726. The lowest BCUT2D eigenvalue weighted by Crippen LogP contribution is -2.33. The van der Waals surface area contributed by atoms with E-state index >= 15 is 0 Å². The molecule has 27 heavy (non-hydrogen) atoms. The standard InChI is InChI=1S/C19H21N3O4S/c1-10-8-14-18(27-10)20-12(3)22(19(14)24)11(2)17(23)21-13-6-7-15(25-4)16(9-13)26-5/h6-9,11H,1-5H3,(H,21,23). The third-order valence-corrected chi connectivity index (χ3v) is 5.26. The second-order valence-corrected chi connectivity index (χ2v) is 7.38. The molecule has 1 aromatic carbocycles. The maximum absolute atomic E-state index is 12.9. The lowest BCUT2D eigenvalue weighted by atomic mass is 10.2. The Balaban J connectivity index is 1.92. The molecule has 142 valence electrons. The zero-order valence-electron chi connectivity index (χ0n) is 15.8. The molecule has 0 aliphatic heterocycles. The van der Waals surface area contributed by atoms with Crippen molar-refractivity contribution in [3.63, 3.8) is 0 Å². The topological polar surface area (TPSA) is 82.5 Å². The fourth-order valence-corrected chi connectivity index (χ4v) is 3.87. The molecule has 1 amide bonds. The van der Waals surface area contributed by atoms with E-state index in [0.29, 0.717) is 33.2 Å². The van der Waals surface area contributed by atoms with Gasteiger partial charge in [-0.3, -0.25) is 14.2 Å². The first kappa shape index (κ1) is 18.9. The summed E-state index contributed by atoms with van der Waals surface area (Å²) in [7, 11) is 3.07. The first-order valence-corrected chi connectivity index (χ1v) is 9.19. The van der Waals surface area contributed by atoms with E-state index in [0.717, 1.165) is 4.88 Å². The Morgan fingerprint density at radius 2 is 1.89 bits per heavy atom. The molecule has 1 N–H and O–H groups in total. The van der Waals surface area contributed by atoms with Crippen LogP contribution in [-0.2, 0) is 4.79 Å². The number of aryl methyl sites for hydroxylation is 2. The van der Waals surface area contributed by atoms with Crippen LogP contribution in [0.1, 0.15) is 23.7 Å². The van der Waals surface area contributed by atoms with E-state index in [1.807, 2.05) is 13.0 Å². The molecule has 0 aliphatic rings. The molecule has 0 spiro atoms. The summed E-state index contributed by atoms with van der Waals surface area (Å²) in [6, 6.07) is 6.18. The molecule has 0 radical (unpaired) electrons. The number of hydrogen-bond acceptors (Lipinski definition) is 6. The van der Waals surface area contributed by atoms with Gasteiger partial charge in [0.05, 0.1) is 19.6 Å². The molecule has 0 saturated heterocycles. The van der Waals surface area contributed by atoms with Gasteiger partial charge in [-0.25, -0.2) is 4.98 Å². The molecule has 0 fully saturated rings. The maximum atomic E-state index is 12.9. The van der Waals surface area contributed by atoms with Crippen LogP contribution in [0.25, 0.3) is 10.2 Å². The number of fused-ring (bicyclic) bond motifs is 1. The zero-order valence-corrected chi connectivity index (χ0v) is 16.6. The summed E-state index contributed by atoms with van der Waals surface area (Å²) in [5.41, 5.74) is 0.340. The van der Waals surface area contributed by atoms with Gasteiger partial charge >= 0.3 is 0 Å². The van der Waals surface area contributed by atoms with Crippen LogP contribution in [0.3, 0.4) is 0 Å². The molecule has 2 heterocycles. The molecule has 0 bridgehead atoms. The molecule has 0 aliphatic carbocycles. The van der Waals surface area contributed by atoms with Crippen LogP contribution in [0.4, 0.5) is 5.69 Å². The van der Waals surface area contributed by atoms with Crippen LogP contribution in [0.15, 0.2) is 29.1 Å². The van der Waals surface area contributed by atoms with Gasteiger partial charge in [0.25, 0.3) is 5.56 Å². The summed E-state index contributed by atoms with van der Waals surface area (Å²) < 4.78 is 11.9. The van der Waals surface area contributed by atoms with E-state index in [4.69, 9.17) is 9.47 Å². The number of carbonyl (C=O) groups is 1. The largest absolute Gasteiger partial charge is 0.493 e. The molecule has 1 atom stereocenters. The predicted molar refractivity (Wildman–Crippen MR) is 106 cm³/mol. The van der Waals surface area contributed by atoms with Crippen molar-refractivity contribution in [1.29, 1.82) is 0 Å². The van der Waals surface area contributed by atoms with Gasteiger partial charge in [0, 0.05) is 16.6 Å². The molecule has 3 aromatic rings. The number of aromatic nitrogens is 2. The first-order chi connectivity index (χ1) is 12.8. The van der Waals surface area contributed by atoms with Gasteiger partial charge in [-0.15, -0.1) is 11.3 Å². The number of methoxy groups -OCH3 is 2. The Bertz CT molecular complexity index is 1070. The van der Waals surface area contributed by atoms with Crippen LogP contribution >= 0.6 is 11.3 Å². The van der Waals surface area contributed by atoms with Crippen LogP contribution in [0.2, 0.25) is 0 Å². The fourth-order valence-electron chi connectivity index (χ4n) is 2.95. The number of rotatable bonds is 5. The molecule has 2 aromatic heterocycles. The number of thiophene rings is 1. The average Bonchev–Trinajstić information content (AvgIpc) is 3.01. The molecular weight excluding hydrogens is 366 g/mol. The molecule has 3 rings (SSSR count). The molecular formula is C19H21N3O4S. The minimum atomic E-state index is -0.720. The molecule has 8 heteroatoms. The van der Waals surface area contributed by atoms with Crippen LogP contribution in [-0.4, -0.2) is 29.7 Å². The number of carbonyl (C=O) groups excluding carboxylic acids is 1. The number of hydrogen-bond donors (Lipinski definition) is 1. The summed E-state index contributed by atoms with van der Waals surface area (Å²) >= 11 is 1.47. The van der Waals surface area contributed by atoms with Crippen molar-refractivity contribution in [1.82, 2.24) is 9.55 Å². The Labute approximate surface area is 160 Å². The van der Waals surface area contributed by atoms with Crippen molar-refractivity contribution >= 4 is 33.1 Å². The van der Waals surface area contributed by atoms with E-state index in [1.54, 1.807) is 39.2 Å². The zero-order chi connectivity index (χ0) is 19.7. The first-order valence-electron chi connectivity index (χ1n) is 8.38. The summed E-state index contributed by atoms with van der Waals surface area (Å²) in [5, 5.41) is 3.35. The molecule has 7 nitrogen and oxygen atoms in total. The van der Waals surface area contributed by atoms with Crippen molar-refractivity contribution in [2.45, 2.75) is 26.8 Å². The highest BCUT2D eigenvalue weighted by atomic mass is 32.1. The maximum Gasteiger partial charge on any atom is 0.263 e. The summed E-state index contributed by atoms with van der Waals surface area (Å²) in [5.74, 6) is 1.26. The third-order valence-electron chi connectivity index (χ3n) is 4.31. The van der Waals surface area contributed by atoms with Crippen LogP contribution in [0, 0.1) is 13.8 Å². The van der Waals surface area contributed by atoms with Gasteiger partial charge in [-0.1, -0.05) is 0 Å². The minimum Gasteiger partial charge on any atom is -0.493 e. The van der Waals surface area contributed by atoms with E-state index in [9.17, 15) is 9.59 Å². The van der Waals surface area contributed by atoms with Crippen molar-refractivity contribution in [2.24, 2.45) is 0 Å². The van der Waals surface area contributed by atoms with Crippen molar-refractivity contribution in [2.75, 3.05) is 19.5 Å². The fraction of sp³-hybridized carbons (Fsp3) is 0.316. The summed E-state index contributed by atoms with van der Waals surface area (Å²) in [6.45, 7) is 5.34. The normalized spacial score (nSPS) is 12.0. The van der Waals surface area contributed by atoms with Gasteiger partial charge in [0.1, 0.15) is 16.7 Å². The van der Waals surface area contributed by atoms with Crippen LogP contribution < -0.4 is 20.3 Å². The van der Waals surface area contributed by atoms with E-state index in [1.165, 1.54) is 23.0 Å². The molecule has 1 unspecified atom stereocenters. The Hall–Kier alpha value is -2.87. The minimum absolute atomic E-state index is 0.211. The summed E-state index contributed by atoms with van der Waals surface area (Å²) in [6.07, 6.45) is 0. The number of nitrogens with zero attached hydrogens (tertiary/aromatic N) is 2. The highest BCUT2D eigenvalue weighted by Crippen LogP contribution is 2.30. The lowest BCUT2D eigenvalue weighted by molar-refractivity contribution is -0.118. The van der Waals surface area contributed by atoms with E-state index in [2.05, 4.69) is 10.3 Å². The van der Waals surface area contributed by atoms with Gasteiger partial charge in [-0.05, 0) is 39.0 Å². The predicted octanol–water partition coefficient (Wildman–Crippen LogP) is 3.29. The number of ether oxygens (including phenoxy) is 2. The Kier molecular flexibility index (Phi) is 5.18. The summed E-state index contributed by atoms with van der Waals surface area (Å²) in [4.78, 5) is 31.8. The molecule has 0 saturated carbocycles. The van der Waals surface area contributed by atoms with Crippen molar-refractivity contribution in [3.05, 3.63) is 45.3 Å². The SMILES string of the molecule is COc1ccc(NC(=O)C(C)n2c(C)nc3sc(C)cc3c2=O)cc1OC. The third kappa shape index (κ3) is 3.52. The number of amides is 1. The number of benzene rings is 1. The lowest BCUT2D eigenvalue weighted by Gasteiger charge is -2.18. The van der Waals surface area contributed by atoms with Gasteiger partial charge < -0.3 is 14.8 Å². The van der Waals surface area contributed by atoms with Gasteiger partial charge in [0.15, 0.2) is 11.5 Å². The van der Waals surface area contributed by atoms with Crippen LogP contribution in [0.5, 0.6) is 11.5 Å². The second kappa shape index (κ2) is 7.40. The highest BCUT2D eigenvalue weighted by molar-refractivity contribution is 7.18. The van der Waals surface area contributed by atoms with Crippen molar-refractivity contribution in [3.8, 4) is 11.5 Å². The average molecular weight is 387 g/mol. The number of nitrogens with one attached hydrogen (secondary N) is 1. The number of anilines is 1. The second-order valence-electron chi connectivity index (χ2n) is 6.15. The van der Waals surface area contributed by atoms with Gasteiger partial charge in [0.2, 0.25) is 5.91 Å². The Morgan fingerprint density at radius 1 is 1.19 bits per heavy atom.